The Bertz CT molecular complexity index is 1020. The number of nitrogens with one attached hydrogen (secondary N) is 3. The number of fused-ring (bicyclic) bond motifs is 1. The zero-order valence-corrected chi connectivity index (χ0v) is 15.5. The molecule has 0 bridgehead atoms. The molecule has 0 unspecified atom stereocenters. The molecule has 2 amide bonds. The lowest BCUT2D eigenvalue weighted by molar-refractivity contribution is -0.116. The molecule has 9 nitrogen and oxygen atoms in total. The molecule has 2 aromatic heterocycles. The molecule has 0 spiro atoms. The van der Waals surface area contributed by atoms with E-state index in [9.17, 15) is 9.59 Å². The molecule has 9 heteroatoms. The molecule has 0 radical (unpaired) electrons. The number of benzene rings is 1. The van der Waals surface area contributed by atoms with Crippen LogP contribution >= 0.6 is 0 Å². The molecule has 3 N–H and O–H groups in total. The van der Waals surface area contributed by atoms with Crippen LogP contribution in [0.3, 0.4) is 0 Å². The molecule has 0 saturated carbocycles. The molecular weight excluding hydrogens is 360 g/mol. The van der Waals surface area contributed by atoms with Gasteiger partial charge in [0.1, 0.15) is 11.4 Å². The second kappa shape index (κ2) is 7.18. The third-order valence-corrected chi connectivity index (χ3v) is 4.85. The first-order valence-electron chi connectivity index (χ1n) is 8.85. The number of amides is 2. The first-order valence-corrected chi connectivity index (χ1v) is 8.85. The Hall–Kier alpha value is -3.62. The van der Waals surface area contributed by atoms with E-state index < -0.39 is 0 Å². The second-order valence-electron chi connectivity index (χ2n) is 6.52. The van der Waals surface area contributed by atoms with E-state index in [0.717, 1.165) is 16.9 Å². The summed E-state index contributed by atoms with van der Waals surface area (Å²) in [4.78, 5) is 24.5. The molecule has 0 aliphatic carbocycles. The van der Waals surface area contributed by atoms with Crippen LogP contribution in [0.15, 0.2) is 36.7 Å². The van der Waals surface area contributed by atoms with Crippen LogP contribution in [0.1, 0.15) is 39.5 Å². The van der Waals surface area contributed by atoms with Crippen molar-refractivity contribution in [1.29, 1.82) is 0 Å². The monoisotopic (exact) mass is 380 g/mol. The third-order valence-electron chi connectivity index (χ3n) is 4.85. The predicted octanol–water partition coefficient (Wildman–Crippen LogP) is 1.50. The molecule has 1 atom stereocenters. The van der Waals surface area contributed by atoms with Crippen molar-refractivity contribution < 1.29 is 14.3 Å². The molecule has 0 saturated heterocycles. The number of hydrogen-bond donors (Lipinski definition) is 3. The summed E-state index contributed by atoms with van der Waals surface area (Å²) in [5.41, 5.74) is 2.88. The highest BCUT2D eigenvalue weighted by Crippen LogP contribution is 2.39. The topological polar surface area (TPSA) is 114 Å². The second-order valence-corrected chi connectivity index (χ2v) is 6.52. The van der Waals surface area contributed by atoms with Gasteiger partial charge in [0.25, 0.3) is 5.91 Å². The normalized spacial score (nSPS) is 15.6. The van der Waals surface area contributed by atoms with E-state index in [1.807, 2.05) is 30.5 Å². The van der Waals surface area contributed by atoms with Crippen LogP contribution in [0.5, 0.6) is 5.75 Å². The largest absolute Gasteiger partial charge is 0.496 e. The molecular formula is C19H20N6O3. The minimum atomic E-state index is -0.294. The average Bonchev–Trinajstić information content (AvgIpc) is 3.36. The fourth-order valence-corrected chi connectivity index (χ4v) is 3.55. The fourth-order valence-electron chi connectivity index (χ4n) is 3.55. The lowest BCUT2D eigenvalue weighted by Crippen LogP contribution is -2.26. The number of carbonyl (C=O) groups is 2. The zero-order valence-electron chi connectivity index (χ0n) is 15.5. The Morgan fingerprint density at radius 1 is 1.43 bits per heavy atom. The standard InChI is InChI=1S/C19H20N6O3/c1-20-19(27)17-16-13(9-15(26)22-18(16)24-23-17)11-4-5-14(28-2)12(8-11)10-25-7-3-6-21-25/h3-8,13H,9-10H2,1-2H3,(H,20,27)(H2,22,23,24,26)/t13-/m0/s1. The van der Waals surface area contributed by atoms with E-state index in [-0.39, 0.29) is 24.2 Å². The molecule has 3 heterocycles. The molecule has 4 rings (SSSR count). The maximum Gasteiger partial charge on any atom is 0.269 e. The Kier molecular flexibility index (Phi) is 4.56. The van der Waals surface area contributed by atoms with Crippen molar-refractivity contribution in [3.05, 3.63) is 59.0 Å². The van der Waals surface area contributed by atoms with Gasteiger partial charge in [0, 0.05) is 42.9 Å². The summed E-state index contributed by atoms with van der Waals surface area (Å²) in [6.45, 7) is 0.531. The lowest BCUT2D eigenvalue weighted by atomic mass is 9.84. The van der Waals surface area contributed by atoms with Crippen LogP contribution in [-0.4, -0.2) is 45.9 Å². The number of carbonyl (C=O) groups excluding carboxylic acids is 2. The molecule has 1 aliphatic heterocycles. The number of aromatic amines is 1. The Balaban J connectivity index is 1.78. The highest BCUT2D eigenvalue weighted by Gasteiger charge is 2.33. The lowest BCUT2D eigenvalue weighted by Gasteiger charge is -2.24. The SMILES string of the molecule is CNC(=O)c1[nH]nc2c1[C@H](c1ccc(OC)c(Cn3cccn3)c1)CC(=O)N2. The van der Waals surface area contributed by atoms with Crippen LogP contribution in [0, 0.1) is 0 Å². The van der Waals surface area contributed by atoms with E-state index in [4.69, 9.17) is 4.74 Å². The van der Waals surface area contributed by atoms with E-state index in [1.165, 1.54) is 0 Å². The van der Waals surface area contributed by atoms with Crippen molar-refractivity contribution in [2.24, 2.45) is 0 Å². The number of anilines is 1. The van der Waals surface area contributed by atoms with Crippen LogP contribution < -0.4 is 15.4 Å². The molecule has 144 valence electrons. The number of hydrogen-bond acceptors (Lipinski definition) is 5. The van der Waals surface area contributed by atoms with Crippen LogP contribution in [0.2, 0.25) is 0 Å². The van der Waals surface area contributed by atoms with Gasteiger partial charge in [-0.05, 0) is 23.8 Å². The highest BCUT2D eigenvalue weighted by atomic mass is 16.5. The van der Waals surface area contributed by atoms with Crippen molar-refractivity contribution in [3.63, 3.8) is 0 Å². The van der Waals surface area contributed by atoms with E-state index >= 15 is 0 Å². The Morgan fingerprint density at radius 3 is 3.00 bits per heavy atom. The van der Waals surface area contributed by atoms with Crippen molar-refractivity contribution >= 4 is 17.6 Å². The number of H-pyrrole nitrogens is 1. The summed E-state index contributed by atoms with van der Waals surface area (Å²) in [7, 11) is 3.18. The smallest absolute Gasteiger partial charge is 0.269 e. The van der Waals surface area contributed by atoms with Gasteiger partial charge in [-0.15, -0.1) is 0 Å². The molecule has 28 heavy (non-hydrogen) atoms. The number of ether oxygens (including phenoxy) is 1. The molecule has 0 fully saturated rings. The number of methoxy groups -OCH3 is 1. The summed E-state index contributed by atoms with van der Waals surface area (Å²) < 4.78 is 7.29. The van der Waals surface area contributed by atoms with Crippen LogP contribution in [0.25, 0.3) is 0 Å². The van der Waals surface area contributed by atoms with E-state index in [2.05, 4.69) is 25.9 Å². The average molecular weight is 380 g/mol. The van der Waals surface area contributed by atoms with Gasteiger partial charge in [-0.1, -0.05) is 6.07 Å². The summed E-state index contributed by atoms with van der Waals surface area (Å²) >= 11 is 0. The first kappa shape index (κ1) is 17.8. The highest BCUT2D eigenvalue weighted by molar-refractivity contribution is 6.00. The Labute approximate surface area is 161 Å². The molecule has 1 aromatic carbocycles. The number of aromatic nitrogens is 4. The van der Waals surface area contributed by atoms with Crippen LogP contribution in [-0.2, 0) is 11.3 Å². The van der Waals surface area contributed by atoms with Gasteiger partial charge in [0.05, 0.1) is 13.7 Å². The van der Waals surface area contributed by atoms with Crippen molar-refractivity contribution in [3.8, 4) is 5.75 Å². The fraction of sp³-hybridized carbons (Fsp3) is 0.263. The number of rotatable bonds is 5. The molecule has 3 aromatic rings. The first-order chi connectivity index (χ1) is 13.6. The number of nitrogens with zero attached hydrogens (tertiary/aromatic N) is 3. The van der Waals surface area contributed by atoms with Gasteiger partial charge in [0.15, 0.2) is 5.82 Å². The van der Waals surface area contributed by atoms with Gasteiger partial charge in [-0.3, -0.25) is 19.4 Å². The van der Waals surface area contributed by atoms with Crippen molar-refractivity contribution in [2.75, 3.05) is 19.5 Å². The zero-order chi connectivity index (χ0) is 19.7. The minimum absolute atomic E-state index is 0.142. The Morgan fingerprint density at radius 2 is 2.29 bits per heavy atom. The minimum Gasteiger partial charge on any atom is -0.496 e. The molecule has 1 aliphatic rings. The quantitative estimate of drug-likeness (QED) is 0.621. The van der Waals surface area contributed by atoms with E-state index in [0.29, 0.717) is 23.6 Å². The van der Waals surface area contributed by atoms with Gasteiger partial charge in [-0.2, -0.15) is 10.2 Å². The van der Waals surface area contributed by atoms with Crippen molar-refractivity contribution in [1.82, 2.24) is 25.3 Å². The third kappa shape index (κ3) is 3.11. The van der Waals surface area contributed by atoms with E-state index in [1.54, 1.807) is 25.0 Å². The van der Waals surface area contributed by atoms with Gasteiger partial charge < -0.3 is 15.4 Å². The summed E-state index contributed by atoms with van der Waals surface area (Å²) in [6, 6.07) is 7.64. The summed E-state index contributed by atoms with van der Waals surface area (Å²) in [6.07, 6.45) is 3.82. The van der Waals surface area contributed by atoms with Gasteiger partial charge >= 0.3 is 0 Å². The maximum atomic E-state index is 12.3. The summed E-state index contributed by atoms with van der Waals surface area (Å²) in [5, 5.41) is 16.4. The maximum absolute atomic E-state index is 12.3. The van der Waals surface area contributed by atoms with Crippen molar-refractivity contribution in [2.45, 2.75) is 18.9 Å². The van der Waals surface area contributed by atoms with Gasteiger partial charge in [0.2, 0.25) is 5.91 Å². The van der Waals surface area contributed by atoms with Crippen LogP contribution in [0.4, 0.5) is 5.82 Å². The van der Waals surface area contributed by atoms with Gasteiger partial charge in [-0.25, -0.2) is 0 Å². The predicted molar refractivity (Wildman–Crippen MR) is 101 cm³/mol. The summed E-state index contributed by atoms with van der Waals surface area (Å²) in [5.74, 6) is 0.414.